The summed E-state index contributed by atoms with van der Waals surface area (Å²) >= 11 is 0. The van der Waals surface area contributed by atoms with Gasteiger partial charge in [-0.2, -0.15) is 0 Å². The minimum Gasteiger partial charge on any atom is -0.481 e. The monoisotopic (exact) mass is 202 g/mol. The van der Waals surface area contributed by atoms with Crippen molar-refractivity contribution in [2.45, 2.75) is 26.7 Å². The summed E-state index contributed by atoms with van der Waals surface area (Å²) in [6.07, 6.45) is 2.67. The van der Waals surface area contributed by atoms with Crippen molar-refractivity contribution in [3.05, 3.63) is 0 Å². The molecular formula is C10H22N2O2. The second-order valence-electron chi connectivity index (χ2n) is 3.71. The molecule has 1 heterocycles. The van der Waals surface area contributed by atoms with Gasteiger partial charge in [0.15, 0.2) is 0 Å². The lowest BCUT2D eigenvalue weighted by Crippen LogP contribution is -2.23. The van der Waals surface area contributed by atoms with Gasteiger partial charge in [0.1, 0.15) is 0 Å². The van der Waals surface area contributed by atoms with Gasteiger partial charge in [-0.15, -0.1) is 0 Å². The second-order valence-corrected chi connectivity index (χ2v) is 3.71. The van der Waals surface area contributed by atoms with Crippen LogP contribution in [0.25, 0.3) is 0 Å². The van der Waals surface area contributed by atoms with Crippen LogP contribution in [-0.2, 0) is 4.79 Å². The molecule has 0 bridgehead atoms. The number of unbranched alkanes of at least 4 members (excludes halogenated alkanes) is 1. The summed E-state index contributed by atoms with van der Waals surface area (Å²) in [5.74, 6) is -0.833. The minimum atomic E-state index is -0.833. The Labute approximate surface area is 86.5 Å². The molecule has 4 heteroatoms. The zero-order valence-corrected chi connectivity index (χ0v) is 9.49. The molecule has 1 fully saturated rings. The average Bonchev–Trinajstić information content (AvgIpc) is 2.47. The predicted octanol–water partition coefficient (Wildman–Crippen LogP) is 1.08. The van der Waals surface area contributed by atoms with Crippen molar-refractivity contribution >= 4 is 5.97 Å². The molecule has 84 valence electrons. The zero-order valence-electron chi connectivity index (χ0n) is 9.49. The minimum absolute atomic E-state index is 0.833. The third-order valence-corrected chi connectivity index (χ3v) is 2.07. The van der Waals surface area contributed by atoms with E-state index in [1.165, 1.54) is 39.1 Å². The van der Waals surface area contributed by atoms with E-state index in [-0.39, 0.29) is 0 Å². The maximum atomic E-state index is 9.00. The van der Waals surface area contributed by atoms with Gasteiger partial charge in [0.05, 0.1) is 6.67 Å². The summed E-state index contributed by atoms with van der Waals surface area (Å²) in [5.41, 5.74) is 0. The number of likely N-dealkylation sites (N-methyl/N-ethyl adjacent to an activating group) is 1. The third-order valence-electron chi connectivity index (χ3n) is 2.07. The van der Waals surface area contributed by atoms with Crippen LogP contribution in [-0.4, -0.2) is 54.2 Å². The van der Waals surface area contributed by atoms with Gasteiger partial charge in [0.2, 0.25) is 0 Å². The molecule has 14 heavy (non-hydrogen) atoms. The molecule has 0 spiro atoms. The van der Waals surface area contributed by atoms with Crippen molar-refractivity contribution in [2.24, 2.45) is 0 Å². The first kappa shape index (κ1) is 13.4. The third kappa shape index (κ3) is 8.01. The number of rotatable bonds is 3. The quantitative estimate of drug-likeness (QED) is 0.744. The molecule has 1 rings (SSSR count). The molecule has 4 nitrogen and oxygen atoms in total. The fourth-order valence-corrected chi connectivity index (χ4v) is 1.36. The Hall–Kier alpha value is -0.610. The highest BCUT2D eigenvalue weighted by Gasteiger charge is 2.14. The Morgan fingerprint density at radius 2 is 2.00 bits per heavy atom. The topological polar surface area (TPSA) is 43.8 Å². The van der Waals surface area contributed by atoms with Crippen LogP contribution in [0.15, 0.2) is 0 Å². The van der Waals surface area contributed by atoms with Gasteiger partial charge in [-0.3, -0.25) is 14.6 Å². The van der Waals surface area contributed by atoms with E-state index in [0.29, 0.717) is 0 Å². The highest BCUT2D eigenvalue weighted by molar-refractivity contribution is 5.62. The average molecular weight is 202 g/mol. The Balaban J connectivity index is 0.000000364. The number of carboxylic acid groups (broad SMARTS) is 1. The molecule has 0 atom stereocenters. The Morgan fingerprint density at radius 3 is 2.36 bits per heavy atom. The number of hydrogen-bond donors (Lipinski definition) is 1. The number of hydrogen-bond acceptors (Lipinski definition) is 3. The molecule has 0 amide bonds. The van der Waals surface area contributed by atoms with E-state index in [9.17, 15) is 0 Å². The molecule has 0 unspecified atom stereocenters. The van der Waals surface area contributed by atoms with Crippen molar-refractivity contribution in [3.8, 4) is 0 Å². The van der Waals surface area contributed by atoms with E-state index in [1.807, 2.05) is 0 Å². The largest absolute Gasteiger partial charge is 0.481 e. The van der Waals surface area contributed by atoms with E-state index < -0.39 is 5.97 Å². The first-order valence-electron chi connectivity index (χ1n) is 5.16. The fourth-order valence-electron chi connectivity index (χ4n) is 1.36. The van der Waals surface area contributed by atoms with Gasteiger partial charge in [-0.25, -0.2) is 0 Å². The van der Waals surface area contributed by atoms with E-state index in [1.54, 1.807) is 0 Å². The number of carboxylic acids is 1. The Morgan fingerprint density at radius 1 is 1.43 bits per heavy atom. The second kappa shape index (κ2) is 7.76. The van der Waals surface area contributed by atoms with Crippen LogP contribution in [0.3, 0.4) is 0 Å². The molecule has 1 N–H and O–H groups in total. The first-order chi connectivity index (χ1) is 6.56. The van der Waals surface area contributed by atoms with Gasteiger partial charge >= 0.3 is 0 Å². The van der Waals surface area contributed by atoms with Crippen molar-refractivity contribution < 1.29 is 9.90 Å². The summed E-state index contributed by atoms with van der Waals surface area (Å²) in [6, 6.07) is 0. The molecule has 0 radical (unpaired) electrons. The maximum absolute atomic E-state index is 9.00. The van der Waals surface area contributed by atoms with Crippen LogP contribution in [0.1, 0.15) is 26.7 Å². The predicted molar refractivity (Wildman–Crippen MR) is 57.3 cm³/mol. The Bertz CT molecular complexity index is 158. The summed E-state index contributed by atoms with van der Waals surface area (Å²) in [7, 11) is 2.19. The molecule has 1 aliphatic rings. The van der Waals surface area contributed by atoms with Gasteiger partial charge in [0, 0.05) is 20.0 Å². The number of carbonyl (C=O) groups is 1. The van der Waals surface area contributed by atoms with Gasteiger partial charge in [-0.05, 0) is 20.0 Å². The van der Waals surface area contributed by atoms with Crippen LogP contribution >= 0.6 is 0 Å². The summed E-state index contributed by atoms with van der Waals surface area (Å²) in [4.78, 5) is 13.9. The zero-order chi connectivity index (χ0) is 11.0. The van der Waals surface area contributed by atoms with E-state index in [2.05, 4.69) is 23.8 Å². The van der Waals surface area contributed by atoms with Crippen LogP contribution in [0.5, 0.6) is 0 Å². The van der Waals surface area contributed by atoms with Gasteiger partial charge in [-0.1, -0.05) is 13.3 Å². The highest BCUT2D eigenvalue weighted by atomic mass is 16.4. The molecule has 1 aliphatic heterocycles. The van der Waals surface area contributed by atoms with Gasteiger partial charge in [0.25, 0.3) is 5.97 Å². The van der Waals surface area contributed by atoms with E-state index in [0.717, 1.165) is 6.92 Å². The molecule has 0 aromatic carbocycles. The molecule has 0 aliphatic carbocycles. The lowest BCUT2D eigenvalue weighted by atomic mass is 10.3. The standard InChI is InChI=1S/C8H18N2.C2H4O2/c1-3-4-5-10-7-6-9(2)8-10;1-2(3)4/h3-8H2,1-2H3;1H3,(H,3,4). The van der Waals surface area contributed by atoms with Crippen molar-refractivity contribution in [2.75, 3.05) is 33.4 Å². The molecule has 0 aromatic rings. The summed E-state index contributed by atoms with van der Waals surface area (Å²) in [6.45, 7) is 8.33. The maximum Gasteiger partial charge on any atom is 0.300 e. The highest BCUT2D eigenvalue weighted by Crippen LogP contribution is 2.02. The lowest BCUT2D eigenvalue weighted by Gasteiger charge is -2.13. The Kier molecular flexibility index (Phi) is 7.42. The van der Waals surface area contributed by atoms with Crippen LogP contribution in [0, 0.1) is 0 Å². The summed E-state index contributed by atoms with van der Waals surface area (Å²) < 4.78 is 0. The van der Waals surface area contributed by atoms with Crippen LogP contribution < -0.4 is 0 Å². The van der Waals surface area contributed by atoms with Gasteiger partial charge < -0.3 is 5.11 Å². The van der Waals surface area contributed by atoms with Crippen molar-refractivity contribution in [3.63, 3.8) is 0 Å². The number of aliphatic carboxylic acids is 1. The van der Waals surface area contributed by atoms with Crippen molar-refractivity contribution in [1.82, 2.24) is 9.80 Å². The fraction of sp³-hybridized carbons (Fsp3) is 0.900. The van der Waals surface area contributed by atoms with E-state index >= 15 is 0 Å². The van der Waals surface area contributed by atoms with E-state index in [4.69, 9.17) is 9.90 Å². The first-order valence-corrected chi connectivity index (χ1v) is 5.16. The molecular weight excluding hydrogens is 180 g/mol. The SMILES string of the molecule is CC(=O)O.CCCCN1CCN(C)C1. The lowest BCUT2D eigenvalue weighted by molar-refractivity contribution is -0.134. The smallest absolute Gasteiger partial charge is 0.300 e. The van der Waals surface area contributed by atoms with Crippen LogP contribution in [0.2, 0.25) is 0 Å². The van der Waals surface area contributed by atoms with Crippen molar-refractivity contribution in [1.29, 1.82) is 0 Å². The normalized spacial score (nSPS) is 17.6. The molecule has 0 aromatic heterocycles. The molecule has 0 saturated carbocycles. The summed E-state index contributed by atoms with van der Waals surface area (Å²) in [5, 5.41) is 7.42. The molecule has 1 saturated heterocycles. The number of nitrogens with zero attached hydrogens (tertiary/aromatic N) is 2. The van der Waals surface area contributed by atoms with Crippen LogP contribution in [0.4, 0.5) is 0 Å².